The van der Waals surface area contributed by atoms with Gasteiger partial charge in [-0.25, -0.2) is 4.98 Å². The van der Waals surface area contributed by atoms with Gasteiger partial charge in [0.15, 0.2) is 0 Å². The second-order valence-corrected chi connectivity index (χ2v) is 5.03. The van der Waals surface area contributed by atoms with Crippen LogP contribution in [0.3, 0.4) is 0 Å². The summed E-state index contributed by atoms with van der Waals surface area (Å²) in [6.45, 7) is 3.50. The van der Waals surface area contributed by atoms with Crippen LogP contribution in [0.4, 0.5) is 0 Å². The number of rotatable bonds is 4. The minimum atomic E-state index is 0.221. The average Bonchev–Trinajstić information content (AvgIpc) is 2.96. The molecule has 1 aromatic carbocycles. The van der Waals surface area contributed by atoms with Gasteiger partial charge in [0.2, 0.25) is 5.88 Å². The molecule has 0 radical (unpaired) electrons. The summed E-state index contributed by atoms with van der Waals surface area (Å²) in [6, 6.07) is 9.01. The molecule has 2 heterocycles. The summed E-state index contributed by atoms with van der Waals surface area (Å²) >= 11 is 0. The number of benzene rings is 1. The molecule has 5 heteroatoms. The Hall–Kier alpha value is -2.95. The van der Waals surface area contributed by atoms with Crippen molar-refractivity contribution in [2.45, 2.75) is 13.8 Å². The Kier molecular flexibility index (Phi) is 3.47. The van der Waals surface area contributed by atoms with E-state index in [1.807, 2.05) is 19.1 Å². The number of nitrogens with zero attached hydrogens (tertiary/aromatic N) is 1. The van der Waals surface area contributed by atoms with Crippen molar-refractivity contribution >= 4 is 22.4 Å². The van der Waals surface area contributed by atoms with E-state index < -0.39 is 0 Å². The van der Waals surface area contributed by atoms with Crippen LogP contribution in [-0.4, -0.2) is 16.4 Å². The third-order valence-corrected chi connectivity index (χ3v) is 3.40. The third-order valence-electron chi connectivity index (χ3n) is 3.40. The number of pyridine rings is 1. The van der Waals surface area contributed by atoms with Crippen LogP contribution < -0.4 is 4.74 Å². The lowest BCUT2D eigenvalue weighted by molar-refractivity contribution is 0.468. The van der Waals surface area contributed by atoms with E-state index in [1.165, 1.54) is 0 Å². The first kappa shape index (κ1) is 14.0. The van der Waals surface area contributed by atoms with Crippen LogP contribution in [0.1, 0.15) is 18.1 Å². The molecule has 3 aromatic rings. The van der Waals surface area contributed by atoms with Crippen molar-refractivity contribution in [1.82, 2.24) is 4.98 Å². The Labute approximate surface area is 127 Å². The van der Waals surface area contributed by atoms with Gasteiger partial charge in [0, 0.05) is 11.8 Å². The minimum Gasteiger partial charge on any atom is -0.464 e. The fraction of sp³-hybridized carbons (Fsp3) is 0.118. The molecule has 0 aliphatic rings. The molecule has 0 amide bonds. The van der Waals surface area contributed by atoms with Gasteiger partial charge < -0.3 is 14.6 Å². The van der Waals surface area contributed by atoms with Crippen molar-refractivity contribution in [3.63, 3.8) is 0 Å². The molecule has 22 heavy (non-hydrogen) atoms. The Bertz CT molecular complexity index is 880. The van der Waals surface area contributed by atoms with Gasteiger partial charge in [0.25, 0.3) is 0 Å². The van der Waals surface area contributed by atoms with Gasteiger partial charge in [-0.05, 0) is 49.7 Å². The number of aromatic nitrogens is 1. The molecule has 0 atom stereocenters. The molecule has 3 rings (SSSR count). The van der Waals surface area contributed by atoms with E-state index >= 15 is 0 Å². The van der Waals surface area contributed by atoms with Gasteiger partial charge in [-0.3, -0.25) is 5.41 Å². The largest absolute Gasteiger partial charge is 0.464 e. The van der Waals surface area contributed by atoms with E-state index in [1.54, 1.807) is 37.6 Å². The molecule has 0 spiro atoms. The van der Waals surface area contributed by atoms with Crippen LogP contribution in [0.2, 0.25) is 0 Å². The molecule has 0 bridgehead atoms. The summed E-state index contributed by atoms with van der Waals surface area (Å²) in [5.41, 5.74) is 2.79. The second kappa shape index (κ2) is 5.44. The van der Waals surface area contributed by atoms with Crippen molar-refractivity contribution < 1.29 is 9.15 Å². The van der Waals surface area contributed by atoms with Gasteiger partial charge in [-0.2, -0.15) is 0 Å². The van der Waals surface area contributed by atoms with Crippen LogP contribution in [-0.2, 0) is 0 Å². The predicted molar refractivity (Wildman–Crippen MR) is 85.5 cm³/mol. The number of hydrogen-bond acceptors (Lipinski definition) is 5. The molecule has 0 fully saturated rings. The smallest absolute Gasteiger partial charge is 0.230 e. The molecule has 110 valence electrons. The zero-order valence-corrected chi connectivity index (χ0v) is 12.3. The highest BCUT2D eigenvalue weighted by Crippen LogP contribution is 2.29. The van der Waals surface area contributed by atoms with Crippen molar-refractivity contribution in [3.8, 4) is 11.6 Å². The van der Waals surface area contributed by atoms with Crippen molar-refractivity contribution in [1.29, 1.82) is 10.8 Å². The SMILES string of the molecule is CC(=N)C(=N)c1ccc(Oc2nccc3occc23)cc1C. The third kappa shape index (κ3) is 2.48. The van der Waals surface area contributed by atoms with Crippen LogP contribution in [0.15, 0.2) is 47.2 Å². The number of nitrogens with one attached hydrogen (secondary N) is 2. The maximum atomic E-state index is 7.91. The molecule has 0 aliphatic heterocycles. The monoisotopic (exact) mass is 293 g/mol. The van der Waals surface area contributed by atoms with Crippen LogP contribution in [0.25, 0.3) is 11.0 Å². The predicted octanol–water partition coefficient (Wildman–Crippen LogP) is 4.34. The van der Waals surface area contributed by atoms with Gasteiger partial charge in [0.05, 0.1) is 23.1 Å². The fourth-order valence-electron chi connectivity index (χ4n) is 2.24. The molecule has 2 N–H and O–H groups in total. The molecular formula is C17H15N3O2. The van der Waals surface area contributed by atoms with E-state index in [0.29, 0.717) is 11.6 Å². The Balaban J connectivity index is 1.94. The molecule has 5 nitrogen and oxygen atoms in total. The zero-order chi connectivity index (χ0) is 15.7. The van der Waals surface area contributed by atoms with Crippen molar-refractivity contribution in [3.05, 3.63) is 53.9 Å². The first-order valence-corrected chi connectivity index (χ1v) is 6.81. The highest BCUT2D eigenvalue weighted by molar-refractivity contribution is 6.45. The van der Waals surface area contributed by atoms with Gasteiger partial charge in [-0.15, -0.1) is 0 Å². The van der Waals surface area contributed by atoms with Crippen molar-refractivity contribution in [2.24, 2.45) is 0 Å². The topological polar surface area (TPSA) is 83.0 Å². The summed E-state index contributed by atoms with van der Waals surface area (Å²) in [5, 5.41) is 16.3. The van der Waals surface area contributed by atoms with Gasteiger partial charge >= 0.3 is 0 Å². The van der Waals surface area contributed by atoms with Gasteiger partial charge in [0.1, 0.15) is 11.3 Å². The van der Waals surface area contributed by atoms with Crippen LogP contribution in [0, 0.1) is 17.7 Å². The van der Waals surface area contributed by atoms with E-state index in [2.05, 4.69) is 4.98 Å². The number of ether oxygens (including phenoxy) is 1. The molecule has 0 saturated heterocycles. The number of fused-ring (bicyclic) bond motifs is 1. The lowest BCUT2D eigenvalue weighted by atomic mass is 10.0. The molecule has 0 aliphatic carbocycles. The minimum absolute atomic E-state index is 0.221. The average molecular weight is 293 g/mol. The second-order valence-electron chi connectivity index (χ2n) is 5.03. The normalized spacial score (nSPS) is 10.6. The molecule has 2 aromatic heterocycles. The number of aryl methyl sites for hydroxylation is 1. The summed E-state index contributed by atoms with van der Waals surface area (Å²) in [5.74, 6) is 1.12. The molecule has 0 saturated carbocycles. The lowest BCUT2D eigenvalue weighted by Gasteiger charge is -2.10. The highest BCUT2D eigenvalue weighted by Gasteiger charge is 2.11. The van der Waals surface area contributed by atoms with Crippen LogP contribution in [0.5, 0.6) is 11.6 Å². The zero-order valence-electron chi connectivity index (χ0n) is 12.3. The quantitative estimate of drug-likeness (QED) is 0.702. The first-order valence-electron chi connectivity index (χ1n) is 6.81. The van der Waals surface area contributed by atoms with Gasteiger partial charge in [-0.1, -0.05) is 0 Å². The summed E-state index contributed by atoms with van der Waals surface area (Å²) in [7, 11) is 0. The highest BCUT2D eigenvalue weighted by atomic mass is 16.5. The Morgan fingerprint density at radius 3 is 2.73 bits per heavy atom. The maximum absolute atomic E-state index is 7.91. The van der Waals surface area contributed by atoms with E-state index in [4.69, 9.17) is 20.0 Å². The summed E-state index contributed by atoms with van der Waals surface area (Å²) in [6.07, 6.45) is 3.23. The van der Waals surface area contributed by atoms with Crippen LogP contribution >= 0.6 is 0 Å². The Morgan fingerprint density at radius 1 is 1.18 bits per heavy atom. The molecule has 0 unspecified atom stereocenters. The van der Waals surface area contributed by atoms with Crippen molar-refractivity contribution in [2.75, 3.05) is 0 Å². The van der Waals surface area contributed by atoms with E-state index in [-0.39, 0.29) is 11.4 Å². The lowest BCUT2D eigenvalue weighted by Crippen LogP contribution is -2.10. The first-order chi connectivity index (χ1) is 10.6. The summed E-state index contributed by atoms with van der Waals surface area (Å²) in [4.78, 5) is 4.23. The number of furan rings is 1. The maximum Gasteiger partial charge on any atom is 0.230 e. The number of hydrogen-bond donors (Lipinski definition) is 2. The van der Waals surface area contributed by atoms with E-state index in [9.17, 15) is 0 Å². The Morgan fingerprint density at radius 2 is 2.00 bits per heavy atom. The summed E-state index contributed by atoms with van der Waals surface area (Å²) < 4.78 is 11.2. The standard InChI is InChI=1S/C17H15N3O2/c1-10-9-12(3-4-13(10)16(19)11(2)18)22-17-14-6-8-21-15(14)5-7-20-17/h3-9,18-19H,1-2H3. The van der Waals surface area contributed by atoms with E-state index in [0.717, 1.165) is 22.1 Å². The fourth-order valence-corrected chi connectivity index (χ4v) is 2.24. The molecular weight excluding hydrogens is 278 g/mol.